The summed E-state index contributed by atoms with van der Waals surface area (Å²) in [6, 6.07) is 11.4. The zero-order chi connectivity index (χ0) is 20.4. The molecule has 1 heterocycles. The molecule has 2 aliphatic rings. The molecule has 1 aliphatic heterocycles. The van der Waals surface area contributed by atoms with Crippen LogP contribution in [-0.4, -0.2) is 32.3 Å². The monoisotopic (exact) mass is 416 g/mol. The average Bonchev–Trinajstić information content (AvgIpc) is 2.74. The molecule has 1 saturated carbocycles. The predicted octanol–water partition coefficient (Wildman–Crippen LogP) is 4.28. The van der Waals surface area contributed by atoms with Crippen molar-refractivity contribution in [3.8, 4) is 0 Å². The first-order valence-electron chi connectivity index (χ1n) is 10.1. The lowest BCUT2D eigenvalue weighted by Crippen LogP contribution is -2.44. The summed E-state index contributed by atoms with van der Waals surface area (Å²) >= 11 is 0. The van der Waals surface area contributed by atoms with Crippen LogP contribution in [0.1, 0.15) is 42.5 Å². The van der Waals surface area contributed by atoms with Crippen molar-refractivity contribution in [3.05, 3.63) is 59.9 Å². The number of halogens is 1. The number of carbonyl (C=O) groups is 1. The van der Waals surface area contributed by atoms with Crippen LogP contribution in [-0.2, 0) is 10.0 Å². The fourth-order valence-electron chi connectivity index (χ4n) is 4.49. The van der Waals surface area contributed by atoms with Crippen LogP contribution >= 0.6 is 0 Å². The molecule has 4 rings (SSSR count). The number of nitrogens with one attached hydrogen (secondary N) is 1. The Labute approximate surface area is 171 Å². The molecule has 1 aliphatic carbocycles. The second-order valence-electron chi connectivity index (χ2n) is 7.95. The lowest BCUT2D eigenvalue weighted by Gasteiger charge is -2.41. The number of hydrogen-bond donors (Lipinski definition) is 1. The normalized spacial score (nSPS) is 22.0. The highest BCUT2D eigenvalue weighted by molar-refractivity contribution is 7.92. The van der Waals surface area contributed by atoms with E-state index in [1.54, 1.807) is 6.07 Å². The maximum absolute atomic E-state index is 13.8. The number of anilines is 1. The van der Waals surface area contributed by atoms with Crippen LogP contribution in [0, 0.1) is 17.7 Å². The lowest BCUT2D eigenvalue weighted by molar-refractivity contribution is 0.0521. The molecule has 0 bridgehead atoms. The van der Waals surface area contributed by atoms with Gasteiger partial charge in [-0.15, -0.1) is 0 Å². The van der Waals surface area contributed by atoms with Crippen molar-refractivity contribution in [1.29, 1.82) is 0 Å². The van der Waals surface area contributed by atoms with Gasteiger partial charge < -0.3 is 4.90 Å². The first-order chi connectivity index (χ1) is 13.9. The molecule has 7 heteroatoms. The van der Waals surface area contributed by atoms with Gasteiger partial charge in [0.15, 0.2) is 0 Å². The van der Waals surface area contributed by atoms with Crippen molar-refractivity contribution in [2.45, 2.75) is 37.0 Å². The summed E-state index contributed by atoms with van der Waals surface area (Å²) in [7, 11) is -3.93. The zero-order valence-corrected chi connectivity index (χ0v) is 17.0. The molecule has 2 atom stereocenters. The summed E-state index contributed by atoms with van der Waals surface area (Å²) in [5.41, 5.74) is 0.368. The second-order valence-corrected chi connectivity index (χ2v) is 9.64. The number of hydrogen-bond acceptors (Lipinski definition) is 3. The van der Waals surface area contributed by atoms with Crippen molar-refractivity contribution in [2.24, 2.45) is 11.8 Å². The Morgan fingerprint density at radius 3 is 2.38 bits per heavy atom. The number of fused-ring (bicyclic) bond motifs is 1. The van der Waals surface area contributed by atoms with Gasteiger partial charge in [0.1, 0.15) is 5.82 Å². The van der Waals surface area contributed by atoms with E-state index in [2.05, 4.69) is 4.72 Å². The molecular formula is C22H25FN2O3S. The maximum Gasteiger partial charge on any atom is 0.261 e. The van der Waals surface area contributed by atoms with Crippen molar-refractivity contribution in [3.63, 3.8) is 0 Å². The zero-order valence-electron chi connectivity index (χ0n) is 16.2. The topological polar surface area (TPSA) is 66.5 Å². The van der Waals surface area contributed by atoms with E-state index in [1.807, 2.05) is 4.90 Å². The van der Waals surface area contributed by atoms with Crippen LogP contribution in [0.15, 0.2) is 53.4 Å². The predicted molar refractivity (Wildman–Crippen MR) is 110 cm³/mol. The summed E-state index contributed by atoms with van der Waals surface area (Å²) in [4.78, 5) is 14.8. The average molecular weight is 417 g/mol. The molecule has 1 N–H and O–H groups in total. The van der Waals surface area contributed by atoms with Crippen LogP contribution in [0.5, 0.6) is 0 Å². The molecule has 0 aromatic heterocycles. The fourth-order valence-corrected chi connectivity index (χ4v) is 5.56. The second kappa shape index (κ2) is 8.14. The highest BCUT2D eigenvalue weighted by atomic mass is 32.2. The molecular weight excluding hydrogens is 391 g/mol. The molecule has 2 aromatic carbocycles. The molecule has 1 saturated heterocycles. The molecule has 0 spiro atoms. The van der Waals surface area contributed by atoms with Crippen molar-refractivity contribution >= 4 is 21.6 Å². The first-order valence-corrected chi connectivity index (χ1v) is 11.6. The summed E-state index contributed by atoms with van der Waals surface area (Å²) in [5.74, 6) is 0.630. The Bertz CT molecular complexity index is 991. The van der Waals surface area contributed by atoms with Gasteiger partial charge in [-0.2, -0.15) is 0 Å². The van der Waals surface area contributed by atoms with Gasteiger partial charge in [0, 0.05) is 18.7 Å². The summed E-state index contributed by atoms with van der Waals surface area (Å²) in [6.45, 7) is 1.55. The third kappa shape index (κ3) is 4.29. The Balaban J connectivity index is 1.46. The maximum atomic E-state index is 13.8. The first kappa shape index (κ1) is 19.9. The van der Waals surface area contributed by atoms with E-state index in [0.717, 1.165) is 25.4 Å². The number of sulfonamides is 1. The fraction of sp³-hybridized carbons (Fsp3) is 0.409. The minimum atomic E-state index is -3.93. The van der Waals surface area contributed by atoms with Gasteiger partial charge in [0.25, 0.3) is 15.9 Å². The van der Waals surface area contributed by atoms with E-state index in [9.17, 15) is 17.6 Å². The van der Waals surface area contributed by atoms with Crippen molar-refractivity contribution in [2.75, 3.05) is 17.8 Å². The molecule has 2 aromatic rings. The molecule has 0 unspecified atom stereocenters. The minimum Gasteiger partial charge on any atom is -0.338 e. The van der Waals surface area contributed by atoms with Gasteiger partial charge in [-0.1, -0.05) is 31.4 Å². The van der Waals surface area contributed by atoms with Crippen LogP contribution in [0.3, 0.4) is 0 Å². The standard InChI is InChI=1S/C22H25FN2O3S/c23-20-7-3-4-8-21(20)24-29(27,28)19-11-9-17(10-12-19)22(26)25-14-13-16-5-1-2-6-18(16)15-25/h3-4,7-12,16,18,24H,1-2,5-6,13-15H2/t16-,18-/m1/s1. The summed E-state index contributed by atoms with van der Waals surface area (Å²) < 4.78 is 41.0. The van der Waals surface area contributed by atoms with Gasteiger partial charge in [-0.05, 0) is 61.1 Å². The van der Waals surface area contributed by atoms with Gasteiger partial charge in [-0.3, -0.25) is 9.52 Å². The summed E-state index contributed by atoms with van der Waals surface area (Å²) in [6.07, 6.45) is 6.05. The molecule has 29 heavy (non-hydrogen) atoms. The van der Waals surface area contributed by atoms with Crippen molar-refractivity contribution < 1.29 is 17.6 Å². The molecule has 154 valence electrons. The SMILES string of the molecule is O=C(c1ccc(S(=O)(=O)Nc2ccccc2F)cc1)N1CC[C@H]2CCCC[C@@H]2C1. The van der Waals surface area contributed by atoms with Gasteiger partial charge in [0.2, 0.25) is 0 Å². The molecule has 0 radical (unpaired) electrons. The van der Waals surface area contributed by atoms with E-state index in [4.69, 9.17) is 0 Å². The van der Waals surface area contributed by atoms with Crippen LogP contribution in [0.25, 0.3) is 0 Å². The Morgan fingerprint density at radius 1 is 0.966 bits per heavy atom. The van der Waals surface area contributed by atoms with Gasteiger partial charge in [-0.25, -0.2) is 12.8 Å². The van der Waals surface area contributed by atoms with E-state index in [-0.39, 0.29) is 16.5 Å². The van der Waals surface area contributed by atoms with Crippen molar-refractivity contribution in [1.82, 2.24) is 4.90 Å². The van der Waals surface area contributed by atoms with Gasteiger partial charge >= 0.3 is 0 Å². The number of piperidine rings is 1. The van der Waals surface area contributed by atoms with Gasteiger partial charge in [0.05, 0.1) is 10.6 Å². The smallest absolute Gasteiger partial charge is 0.261 e. The Morgan fingerprint density at radius 2 is 1.66 bits per heavy atom. The van der Waals surface area contributed by atoms with Crippen LogP contribution in [0.2, 0.25) is 0 Å². The number of benzene rings is 2. The highest BCUT2D eigenvalue weighted by Gasteiger charge is 2.33. The number of likely N-dealkylation sites (tertiary alicyclic amines) is 1. The van der Waals surface area contributed by atoms with Crippen LogP contribution < -0.4 is 4.72 Å². The van der Waals surface area contributed by atoms with Crippen LogP contribution in [0.4, 0.5) is 10.1 Å². The molecule has 2 fully saturated rings. The number of para-hydroxylation sites is 1. The van der Waals surface area contributed by atoms with E-state index in [0.29, 0.717) is 11.5 Å². The lowest BCUT2D eigenvalue weighted by atomic mass is 9.75. The highest BCUT2D eigenvalue weighted by Crippen LogP contribution is 2.36. The number of amides is 1. The Hall–Kier alpha value is -2.41. The minimum absolute atomic E-state index is 0.0108. The third-order valence-electron chi connectivity index (χ3n) is 6.11. The Kier molecular flexibility index (Phi) is 5.58. The third-order valence-corrected chi connectivity index (χ3v) is 7.49. The summed E-state index contributed by atoms with van der Waals surface area (Å²) in [5, 5.41) is 0. The number of carbonyl (C=O) groups excluding carboxylic acids is 1. The number of nitrogens with zero attached hydrogens (tertiary/aromatic N) is 1. The van der Waals surface area contributed by atoms with E-state index >= 15 is 0 Å². The molecule has 1 amide bonds. The van der Waals surface area contributed by atoms with E-state index in [1.165, 1.54) is 68.1 Å². The molecule has 5 nitrogen and oxygen atoms in total. The largest absolute Gasteiger partial charge is 0.338 e. The number of rotatable bonds is 4. The van der Waals surface area contributed by atoms with E-state index < -0.39 is 15.8 Å². The quantitative estimate of drug-likeness (QED) is 0.809.